The number of thioether (sulfide) groups is 1. The van der Waals surface area contributed by atoms with Crippen LogP contribution in [0.3, 0.4) is 0 Å². The zero-order valence-corrected chi connectivity index (χ0v) is 18.6. The molecule has 0 aliphatic heterocycles. The zero-order valence-electron chi connectivity index (χ0n) is 17.7. The second kappa shape index (κ2) is 11.9. The van der Waals surface area contributed by atoms with Gasteiger partial charge < -0.3 is 19.5 Å². The van der Waals surface area contributed by atoms with E-state index in [0.717, 1.165) is 23.0 Å². The summed E-state index contributed by atoms with van der Waals surface area (Å²) in [6, 6.07) is 24.6. The van der Waals surface area contributed by atoms with Crippen molar-refractivity contribution >= 4 is 17.7 Å². The van der Waals surface area contributed by atoms with Crippen LogP contribution in [0, 0.1) is 0 Å². The summed E-state index contributed by atoms with van der Waals surface area (Å²) in [6.45, 7) is 2.88. The van der Waals surface area contributed by atoms with E-state index in [-0.39, 0.29) is 11.9 Å². The zero-order chi connectivity index (χ0) is 21.9. The average molecular weight is 438 g/mol. The van der Waals surface area contributed by atoms with Crippen LogP contribution in [0.5, 0.6) is 17.2 Å². The first-order valence-corrected chi connectivity index (χ1v) is 11.1. The van der Waals surface area contributed by atoms with E-state index in [9.17, 15) is 4.79 Å². The Balaban J connectivity index is 1.38. The van der Waals surface area contributed by atoms with Gasteiger partial charge in [-0.25, -0.2) is 0 Å². The molecule has 0 saturated carbocycles. The van der Waals surface area contributed by atoms with Gasteiger partial charge in [0.25, 0.3) is 5.91 Å². The van der Waals surface area contributed by atoms with Gasteiger partial charge in [0.2, 0.25) is 0 Å². The molecular formula is C25H27NO4S. The molecule has 3 aromatic rings. The van der Waals surface area contributed by atoms with Gasteiger partial charge in [0.05, 0.1) is 19.8 Å². The summed E-state index contributed by atoms with van der Waals surface area (Å²) in [5.41, 5.74) is 0.585. The van der Waals surface area contributed by atoms with Crippen LogP contribution in [0.25, 0.3) is 0 Å². The fourth-order valence-electron chi connectivity index (χ4n) is 2.78. The Morgan fingerprint density at radius 3 is 2.16 bits per heavy atom. The predicted molar refractivity (Wildman–Crippen MR) is 125 cm³/mol. The molecular weight excluding hydrogens is 410 g/mol. The van der Waals surface area contributed by atoms with Gasteiger partial charge in [-0.2, -0.15) is 0 Å². The van der Waals surface area contributed by atoms with E-state index in [1.807, 2.05) is 61.5 Å². The Labute approximate surface area is 187 Å². The van der Waals surface area contributed by atoms with E-state index >= 15 is 0 Å². The van der Waals surface area contributed by atoms with Crippen LogP contribution >= 0.6 is 11.8 Å². The Bertz CT molecular complexity index is 930. The maximum atomic E-state index is 12.5. The molecule has 0 radical (unpaired) electrons. The van der Waals surface area contributed by atoms with Crippen molar-refractivity contribution in [3.8, 4) is 17.2 Å². The van der Waals surface area contributed by atoms with Gasteiger partial charge in [0, 0.05) is 16.2 Å². The Morgan fingerprint density at radius 1 is 0.871 bits per heavy atom. The molecule has 1 atom stereocenters. The second-order valence-corrected chi connectivity index (χ2v) is 8.06. The first kappa shape index (κ1) is 22.6. The number of benzene rings is 3. The number of carbonyl (C=O) groups is 1. The Morgan fingerprint density at radius 2 is 1.48 bits per heavy atom. The van der Waals surface area contributed by atoms with Gasteiger partial charge in [0.1, 0.15) is 23.9 Å². The third kappa shape index (κ3) is 7.57. The number of hydrogen-bond acceptors (Lipinski definition) is 5. The van der Waals surface area contributed by atoms with Crippen LogP contribution in [-0.2, 0) is 0 Å². The lowest BCUT2D eigenvalue weighted by Gasteiger charge is -2.15. The maximum absolute atomic E-state index is 12.5. The van der Waals surface area contributed by atoms with E-state index in [1.165, 1.54) is 4.90 Å². The van der Waals surface area contributed by atoms with Gasteiger partial charge in [0.15, 0.2) is 0 Å². The highest BCUT2D eigenvalue weighted by Crippen LogP contribution is 2.19. The average Bonchev–Trinajstić information content (AvgIpc) is 2.82. The molecule has 0 aliphatic rings. The SMILES string of the molecule is COc1ccc(OCC(C)NC(=O)c2ccc(OCCSc3ccccc3)cc2)cc1. The van der Waals surface area contributed by atoms with Crippen molar-refractivity contribution in [2.75, 3.05) is 26.1 Å². The van der Waals surface area contributed by atoms with Crippen molar-refractivity contribution in [3.63, 3.8) is 0 Å². The molecule has 1 N–H and O–H groups in total. The summed E-state index contributed by atoms with van der Waals surface area (Å²) in [5.74, 6) is 2.97. The number of amides is 1. The van der Waals surface area contributed by atoms with E-state index in [2.05, 4.69) is 17.4 Å². The first-order chi connectivity index (χ1) is 15.1. The molecule has 6 heteroatoms. The number of hydrogen-bond donors (Lipinski definition) is 1. The summed E-state index contributed by atoms with van der Waals surface area (Å²) in [6.07, 6.45) is 0. The standard InChI is InChI=1S/C25H27NO4S/c1-19(18-30-23-14-12-21(28-2)13-15-23)26-25(27)20-8-10-22(11-9-20)29-16-17-31-24-6-4-3-5-7-24/h3-15,19H,16-18H2,1-2H3,(H,26,27). The first-order valence-electron chi connectivity index (χ1n) is 10.1. The lowest BCUT2D eigenvalue weighted by Crippen LogP contribution is -2.36. The van der Waals surface area contributed by atoms with E-state index in [4.69, 9.17) is 14.2 Å². The minimum atomic E-state index is -0.142. The molecule has 31 heavy (non-hydrogen) atoms. The number of nitrogens with one attached hydrogen (secondary N) is 1. The highest BCUT2D eigenvalue weighted by molar-refractivity contribution is 7.99. The van der Waals surface area contributed by atoms with E-state index in [1.54, 1.807) is 31.0 Å². The molecule has 1 unspecified atom stereocenters. The quantitative estimate of drug-likeness (QED) is 0.336. The van der Waals surface area contributed by atoms with Crippen LogP contribution in [0.2, 0.25) is 0 Å². The van der Waals surface area contributed by atoms with Crippen molar-refractivity contribution in [1.29, 1.82) is 0 Å². The highest BCUT2D eigenvalue weighted by atomic mass is 32.2. The molecule has 0 heterocycles. The minimum Gasteiger partial charge on any atom is -0.497 e. The highest BCUT2D eigenvalue weighted by Gasteiger charge is 2.11. The van der Waals surface area contributed by atoms with Crippen LogP contribution in [0.15, 0.2) is 83.8 Å². The maximum Gasteiger partial charge on any atom is 0.251 e. The third-order valence-corrected chi connectivity index (χ3v) is 5.39. The molecule has 0 aliphatic carbocycles. The summed E-state index contributed by atoms with van der Waals surface area (Å²) in [5, 5.41) is 2.95. The summed E-state index contributed by atoms with van der Waals surface area (Å²) >= 11 is 1.75. The number of ether oxygens (including phenoxy) is 3. The largest absolute Gasteiger partial charge is 0.497 e. The monoisotopic (exact) mass is 437 g/mol. The second-order valence-electron chi connectivity index (χ2n) is 6.90. The molecule has 3 rings (SSSR count). The molecule has 0 saturated heterocycles. The Hall–Kier alpha value is -3.12. The number of carbonyl (C=O) groups excluding carboxylic acids is 1. The van der Waals surface area contributed by atoms with Gasteiger partial charge in [-0.3, -0.25) is 4.79 Å². The van der Waals surface area contributed by atoms with Crippen molar-refractivity contribution in [2.45, 2.75) is 17.9 Å². The lowest BCUT2D eigenvalue weighted by molar-refractivity contribution is 0.0926. The molecule has 0 spiro atoms. The third-order valence-electron chi connectivity index (χ3n) is 4.42. The smallest absolute Gasteiger partial charge is 0.251 e. The van der Waals surface area contributed by atoms with E-state index < -0.39 is 0 Å². The fraction of sp³-hybridized carbons (Fsp3) is 0.240. The van der Waals surface area contributed by atoms with Crippen molar-refractivity contribution in [3.05, 3.63) is 84.4 Å². The number of rotatable bonds is 11. The lowest BCUT2D eigenvalue weighted by atomic mass is 10.2. The van der Waals surface area contributed by atoms with Gasteiger partial charge in [-0.05, 0) is 67.6 Å². The van der Waals surface area contributed by atoms with Crippen molar-refractivity contribution < 1.29 is 19.0 Å². The minimum absolute atomic E-state index is 0.138. The predicted octanol–water partition coefficient (Wildman–Crippen LogP) is 5.06. The molecule has 3 aromatic carbocycles. The van der Waals surface area contributed by atoms with E-state index in [0.29, 0.717) is 18.8 Å². The molecule has 1 amide bonds. The van der Waals surface area contributed by atoms with Crippen LogP contribution in [0.1, 0.15) is 17.3 Å². The van der Waals surface area contributed by atoms with Crippen molar-refractivity contribution in [1.82, 2.24) is 5.32 Å². The summed E-state index contributed by atoms with van der Waals surface area (Å²) < 4.78 is 16.6. The van der Waals surface area contributed by atoms with Gasteiger partial charge in [-0.15, -0.1) is 11.8 Å². The topological polar surface area (TPSA) is 56.8 Å². The van der Waals surface area contributed by atoms with Crippen LogP contribution in [-0.4, -0.2) is 38.0 Å². The number of methoxy groups -OCH3 is 1. The normalized spacial score (nSPS) is 11.4. The summed E-state index contributed by atoms with van der Waals surface area (Å²) in [4.78, 5) is 13.7. The molecule has 5 nitrogen and oxygen atoms in total. The van der Waals surface area contributed by atoms with Crippen LogP contribution in [0.4, 0.5) is 0 Å². The summed E-state index contributed by atoms with van der Waals surface area (Å²) in [7, 11) is 1.62. The molecule has 0 fully saturated rings. The van der Waals surface area contributed by atoms with Crippen molar-refractivity contribution in [2.24, 2.45) is 0 Å². The fourth-order valence-corrected chi connectivity index (χ4v) is 3.53. The van der Waals surface area contributed by atoms with Gasteiger partial charge >= 0.3 is 0 Å². The van der Waals surface area contributed by atoms with Crippen LogP contribution < -0.4 is 19.5 Å². The molecule has 162 valence electrons. The molecule has 0 bridgehead atoms. The van der Waals surface area contributed by atoms with Gasteiger partial charge in [-0.1, -0.05) is 18.2 Å². The Kier molecular flexibility index (Phi) is 8.67. The molecule has 0 aromatic heterocycles.